The van der Waals surface area contributed by atoms with Crippen molar-refractivity contribution in [2.45, 2.75) is 10.6 Å². The van der Waals surface area contributed by atoms with Gasteiger partial charge in [-0.15, -0.1) is 23.1 Å². The van der Waals surface area contributed by atoms with E-state index in [1.807, 2.05) is 36.4 Å². The summed E-state index contributed by atoms with van der Waals surface area (Å²) < 4.78 is 0. The van der Waals surface area contributed by atoms with Crippen LogP contribution in [-0.2, 0) is 5.75 Å². The van der Waals surface area contributed by atoms with Crippen molar-refractivity contribution in [3.63, 3.8) is 0 Å². The Morgan fingerprint density at radius 1 is 1.04 bits per heavy atom. The van der Waals surface area contributed by atoms with E-state index < -0.39 is 5.91 Å². The topological polar surface area (TPSA) is 72.2 Å². The van der Waals surface area contributed by atoms with Crippen LogP contribution in [0.25, 0.3) is 0 Å². The Morgan fingerprint density at radius 2 is 1.73 bits per heavy atom. The third-order valence-corrected chi connectivity index (χ3v) is 5.76. The Bertz CT molecular complexity index is 921. The minimum absolute atomic E-state index is 0.271. The second-order valence-corrected chi connectivity index (χ2v) is 7.82. The summed E-state index contributed by atoms with van der Waals surface area (Å²) in [6, 6.07) is 16.7. The first kappa shape index (κ1) is 18.5. The van der Waals surface area contributed by atoms with Crippen molar-refractivity contribution < 1.29 is 9.59 Å². The lowest BCUT2D eigenvalue weighted by Crippen LogP contribution is -2.16. The third kappa shape index (κ3) is 4.66. The average Bonchev–Trinajstić information content (AvgIpc) is 3.10. The summed E-state index contributed by atoms with van der Waals surface area (Å²) in [7, 11) is 0. The molecule has 7 heteroatoms. The maximum absolute atomic E-state index is 12.3. The van der Waals surface area contributed by atoms with Gasteiger partial charge in [-0.2, -0.15) is 0 Å². The highest BCUT2D eigenvalue weighted by Crippen LogP contribution is 2.25. The Labute approximate surface area is 164 Å². The van der Waals surface area contributed by atoms with Gasteiger partial charge in [0.2, 0.25) is 0 Å². The maximum Gasteiger partial charge on any atom is 0.256 e. The third-order valence-electron chi connectivity index (χ3n) is 3.59. The van der Waals surface area contributed by atoms with E-state index in [9.17, 15) is 9.59 Å². The molecule has 3 rings (SSSR count). The number of hydrogen-bond donors (Lipinski definition) is 2. The number of halogens is 1. The fourth-order valence-corrected chi connectivity index (χ4v) is 3.99. The van der Waals surface area contributed by atoms with Crippen molar-refractivity contribution in [3.8, 4) is 0 Å². The largest absolute Gasteiger partial charge is 0.366 e. The van der Waals surface area contributed by atoms with E-state index >= 15 is 0 Å². The van der Waals surface area contributed by atoms with E-state index in [2.05, 4.69) is 5.32 Å². The maximum atomic E-state index is 12.3. The van der Waals surface area contributed by atoms with Gasteiger partial charge in [-0.25, -0.2) is 0 Å². The van der Waals surface area contributed by atoms with Crippen molar-refractivity contribution >= 4 is 51.5 Å². The van der Waals surface area contributed by atoms with Crippen LogP contribution in [0.5, 0.6) is 0 Å². The van der Waals surface area contributed by atoms with Crippen LogP contribution in [0.3, 0.4) is 0 Å². The second-order valence-electron chi connectivity index (χ2n) is 5.42. The number of carbonyl (C=O) groups excluding carboxylic acids is 2. The fourth-order valence-electron chi connectivity index (χ4n) is 2.23. The number of hydrogen-bond acceptors (Lipinski definition) is 4. The SMILES string of the molecule is NC(=O)c1ccsc1NC(=O)c1ccc(CSc2ccc(Cl)cc2)cc1. The molecule has 0 spiro atoms. The molecule has 1 aromatic heterocycles. The summed E-state index contributed by atoms with van der Waals surface area (Å²) in [6.07, 6.45) is 0. The molecule has 2 amide bonds. The van der Waals surface area contributed by atoms with Gasteiger partial charge < -0.3 is 11.1 Å². The molecule has 0 unspecified atom stereocenters. The Morgan fingerprint density at radius 3 is 2.38 bits per heavy atom. The zero-order valence-corrected chi connectivity index (χ0v) is 16.0. The molecule has 0 atom stereocenters. The molecule has 0 saturated carbocycles. The quantitative estimate of drug-likeness (QED) is 0.567. The molecule has 2 aromatic carbocycles. The lowest BCUT2D eigenvalue weighted by Gasteiger charge is -2.06. The predicted molar refractivity (Wildman–Crippen MR) is 108 cm³/mol. The first-order chi connectivity index (χ1) is 12.5. The second kappa shape index (κ2) is 8.40. The molecule has 0 saturated heterocycles. The lowest BCUT2D eigenvalue weighted by atomic mass is 10.1. The zero-order valence-electron chi connectivity index (χ0n) is 13.6. The highest BCUT2D eigenvalue weighted by atomic mass is 35.5. The van der Waals surface area contributed by atoms with E-state index in [4.69, 9.17) is 17.3 Å². The van der Waals surface area contributed by atoms with Gasteiger partial charge in [0.1, 0.15) is 5.00 Å². The van der Waals surface area contributed by atoms with Crippen LogP contribution in [0.2, 0.25) is 5.02 Å². The van der Waals surface area contributed by atoms with Crippen molar-refractivity contribution in [2.24, 2.45) is 5.73 Å². The summed E-state index contributed by atoms with van der Waals surface area (Å²) in [5, 5.41) is 5.63. The van der Waals surface area contributed by atoms with E-state index in [-0.39, 0.29) is 5.91 Å². The highest BCUT2D eigenvalue weighted by molar-refractivity contribution is 7.98. The Kier molecular flexibility index (Phi) is 5.98. The monoisotopic (exact) mass is 402 g/mol. The van der Waals surface area contributed by atoms with Gasteiger partial charge in [-0.1, -0.05) is 23.7 Å². The number of thiophene rings is 1. The molecule has 3 N–H and O–H groups in total. The van der Waals surface area contributed by atoms with Crippen molar-refractivity contribution in [1.29, 1.82) is 0 Å². The zero-order chi connectivity index (χ0) is 18.5. The number of carbonyl (C=O) groups is 2. The molecule has 4 nitrogen and oxygen atoms in total. The number of thioether (sulfide) groups is 1. The van der Waals surface area contributed by atoms with Crippen LogP contribution in [0.4, 0.5) is 5.00 Å². The first-order valence-electron chi connectivity index (χ1n) is 7.69. The molecule has 132 valence electrons. The van der Waals surface area contributed by atoms with Crippen molar-refractivity contribution in [3.05, 3.63) is 81.7 Å². The average molecular weight is 403 g/mol. The summed E-state index contributed by atoms with van der Waals surface area (Å²) in [5.74, 6) is -0.0386. The van der Waals surface area contributed by atoms with Gasteiger partial charge in [-0.05, 0) is 53.4 Å². The number of primary amides is 1. The minimum Gasteiger partial charge on any atom is -0.366 e. The highest BCUT2D eigenvalue weighted by Gasteiger charge is 2.13. The molecule has 26 heavy (non-hydrogen) atoms. The normalized spacial score (nSPS) is 10.5. The van der Waals surface area contributed by atoms with Gasteiger partial charge in [-0.3, -0.25) is 9.59 Å². The Balaban J connectivity index is 1.61. The van der Waals surface area contributed by atoms with Gasteiger partial charge in [0.25, 0.3) is 11.8 Å². The molecule has 0 fully saturated rings. The van der Waals surface area contributed by atoms with E-state index in [1.54, 1.807) is 35.3 Å². The van der Waals surface area contributed by atoms with Crippen LogP contribution in [0.15, 0.2) is 64.9 Å². The molecule has 0 aliphatic carbocycles. The minimum atomic E-state index is -0.559. The standard InChI is InChI=1S/C19H15ClN2O2S2/c20-14-5-7-15(8-6-14)26-11-12-1-3-13(4-2-12)18(24)22-19-16(17(21)23)9-10-25-19/h1-10H,11H2,(H2,21,23)(H,22,24). The molecule has 0 bridgehead atoms. The van der Waals surface area contributed by atoms with Crippen LogP contribution in [0.1, 0.15) is 26.3 Å². The number of rotatable bonds is 6. The van der Waals surface area contributed by atoms with Crippen LogP contribution in [-0.4, -0.2) is 11.8 Å². The number of nitrogens with one attached hydrogen (secondary N) is 1. The molecular formula is C19H15ClN2O2S2. The molecule has 1 heterocycles. The molecule has 0 aliphatic heterocycles. The van der Waals surface area contributed by atoms with E-state index in [0.29, 0.717) is 16.1 Å². The van der Waals surface area contributed by atoms with Crippen molar-refractivity contribution in [1.82, 2.24) is 0 Å². The molecule has 3 aromatic rings. The van der Waals surface area contributed by atoms with E-state index in [1.165, 1.54) is 11.3 Å². The van der Waals surface area contributed by atoms with Crippen LogP contribution in [0, 0.1) is 0 Å². The Hall–Kier alpha value is -2.28. The van der Waals surface area contributed by atoms with Gasteiger partial charge in [0.05, 0.1) is 5.56 Å². The predicted octanol–water partition coefficient (Wildman–Crippen LogP) is 5.05. The number of nitrogens with two attached hydrogens (primary N) is 1. The number of benzene rings is 2. The molecular weight excluding hydrogens is 388 g/mol. The number of amides is 2. The van der Waals surface area contributed by atoms with E-state index in [0.717, 1.165) is 21.2 Å². The van der Waals surface area contributed by atoms with Crippen LogP contribution >= 0.6 is 34.7 Å². The lowest BCUT2D eigenvalue weighted by molar-refractivity contribution is 0.100. The summed E-state index contributed by atoms with van der Waals surface area (Å²) in [4.78, 5) is 24.8. The first-order valence-corrected chi connectivity index (χ1v) is 9.93. The van der Waals surface area contributed by atoms with Crippen molar-refractivity contribution in [2.75, 3.05) is 5.32 Å². The summed E-state index contributed by atoms with van der Waals surface area (Å²) >= 11 is 8.84. The summed E-state index contributed by atoms with van der Waals surface area (Å²) in [5.41, 5.74) is 7.24. The molecule has 0 radical (unpaired) electrons. The molecule has 0 aliphatic rings. The summed E-state index contributed by atoms with van der Waals surface area (Å²) in [6.45, 7) is 0. The van der Waals surface area contributed by atoms with Gasteiger partial charge in [0.15, 0.2) is 0 Å². The van der Waals surface area contributed by atoms with Gasteiger partial charge >= 0.3 is 0 Å². The number of anilines is 1. The smallest absolute Gasteiger partial charge is 0.256 e. The van der Waals surface area contributed by atoms with Crippen LogP contribution < -0.4 is 11.1 Å². The van der Waals surface area contributed by atoms with Gasteiger partial charge in [0, 0.05) is 21.2 Å². The fraction of sp³-hybridized carbons (Fsp3) is 0.0526.